The number of nitrogens with two attached hydrogens (primary N) is 1. The average Bonchev–Trinajstić information content (AvgIpc) is 2.36. The molecule has 0 aliphatic rings. The first-order chi connectivity index (χ1) is 8.81. The number of hydrogen-bond donors (Lipinski definition) is 1. The molecule has 5 nitrogen and oxygen atoms in total. The number of ether oxygens (including phenoxy) is 2. The molecule has 0 spiro atoms. The summed E-state index contributed by atoms with van der Waals surface area (Å²) in [6, 6.07) is 5.58. The SMILES string of the molecule is COc1cccc(CN(C)C(=O)C(C)(C)N)c1OC. The van der Waals surface area contributed by atoms with Crippen LogP contribution in [0.1, 0.15) is 19.4 Å². The Morgan fingerprint density at radius 3 is 2.42 bits per heavy atom. The topological polar surface area (TPSA) is 64.8 Å². The lowest BCUT2D eigenvalue weighted by Crippen LogP contribution is -2.49. The van der Waals surface area contributed by atoms with Gasteiger partial charge in [-0.05, 0) is 19.9 Å². The summed E-state index contributed by atoms with van der Waals surface area (Å²) < 4.78 is 10.6. The average molecular weight is 266 g/mol. The molecule has 1 aromatic carbocycles. The third-order valence-electron chi connectivity index (χ3n) is 2.79. The molecule has 1 aromatic rings. The van der Waals surface area contributed by atoms with Crippen LogP contribution in [0.5, 0.6) is 11.5 Å². The number of carbonyl (C=O) groups is 1. The highest BCUT2D eigenvalue weighted by molar-refractivity contribution is 5.85. The normalized spacial score (nSPS) is 11.1. The molecule has 2 N–H and O–H groups in total. The number of likely N-dealkylation sites (N-methyl/N-ethyl adjacent to an activating group) is 1. The van der Waals surface area contributed by atoms with E-state index in [1.807, 2.05) is 18.2 Å². The molecule has 106 valence electrons. The number of hydrogen-bond acceptors (Lipinski definition) is 4. The molecule has 0 aromatic heterocycles. The minimum absolute atomic E-state index is 0.127. The largest absolute Gasteiger partial charge is 0.493 e. The summed E-state index contributed by atoms with van der Waals surface area (Å²) in [6.45, 7) is 3.79. The van der Waals surface area contributed by atoms with E-state index >= 15 is 0 Å². The molecule has 0 heterocycles. The zero-order chi connectivity index (χ0) is 14.6. The van der Waals surface area contributed by atoms with Crippen molar-refractivity contribution in [1.82, 2.24) is 4.90 Å². The molecule has 0 aliphatic heterocycles. The van der Waals surface area contributed by atoms with Crippen LogP contribution in [0.2, 0.25) is 0 Å². The van der Waals surface area contributed by atoms with Crippen LogP contribution < -0.4 is 15.2 Å². The molecule has 0 fully saturated rings. The molecular formula is C14H22N2O3. The molecule has 0 bridgehead atoms. The van der Waals surface area contributed by atoms with Gasteiger partial charge in [0.2, 0.25) is 5.91 Å². The fourth-order valence-electron chi connectivity index (χ4n) is 1.90. The molecule has 0 atom stereocenters. The molecule has 0 aliphatic carbocycles. The van der Waals surface area contributed by atoms with Gasteiger partial charge in [-0.2, -0.15) is 0 Å². The molecule has 0 unspecified atom stereocenters. The van der Waals surface area contributed by atoms with Gasteiger partial charge < -0.3 is 20.1 Å². The lowest BCUT2D eigenvalue weighted by molar-refractivity contribution is -0.135. The zero-order valence-corrected chi connectivity index (χ0v) is 12.2. The van der Waals surface area contributed by atoms with E-state index in [0.717, 1.165) is 5.56 Å². The minimum atomic E-state index is -0.888. The van der Waals surface area contributed by atoms with Gasteiger partial charge in [0.05, 0.1) is 19.8 Å². The highest BCUT2D eigenvalue weighted by Crippen LogP contribution is 2.31. The van der Waals surface area contributed by atoms with Gasteiger partial charge in [-0.15, -0.1) is 0 Å². The second-order valence-electron chi connectivity index (χ2n) is 5.04. The lowest BCUT2D eigenvalue weighted by Gasteiger charge is -2.26. The Balaban J connectivity index is 2.97. The maximum Gasteiger partial charge on any atom is 0.242 e. The maximum absolute atomic E-state index is 12.1. The van der Waals surface area contributed by atoms with Crippen LogP contribution in [0, 0.1) is 0 Å². The van der Waals surface area contributed by atoms with Gasteiger partial charge in [0.15, 0.2) is 11.5 Å². The second-order valence-corrected chi connectivity index (χ2v) is 5.04. The Kier molecular flexibility index (Phi) is 4.78. The molecule has 0 radical (unpaired) electrons. The fraction of sp³-hybridized carbons (Fsp3) is 0.500. The number of methoxy groups -OCH3 is 2. The standard InChI is InChI=1S/C14H22N2O3/c1-14(2,15)13(17)16(3)9-10-7-6-8-11(18-4)12(10)19-5/h6-8H,9,15H2,1-5H3. The quantitative estimate of drug-likeness (QED) is 0.875. The van der Waals surface area contributed by atoms with Gasteiger partial charge in [-0.25, -0.2) is 0 Å². The number of nitrogens with zero attached hydrogens (tertiary/aromatic N) is 1. The maximum atomic E-state index is 12.1. The predicted molar refractivity (Wildman–Crippen MR) is 74.3 cm³/mol. The summed E-state index contributed by atoms with van der Waals surface area (Å²) in [6.07, 6.45) is 0. The van der Waals surface area contributed by atoms with Gasteiger partial charge in [-0.1, -0.05) is 12.1 Å². The van der Waals surface area contributed by atoms with E-state index in [1.165, 1.54) is 0 Å². The van der Waals surface area contributed by atoms with Crippen molar-refractivity contribution in [3.8, 4) is 11.5 Å². The van der Waals surface area contributed by atoms with E-state index in [4.69, 9.17) is 15.2 Å². The van der Waals surface area contributed by atoms with Gasteiger partial charge in [0.1, 0.15) is 0 Å². The third kappa shape index (κ3) is 3.61. The Bertz CT molecular complexity index is 452. The van der Waals surface area contributed by atoms with Crippen LogP contribution in [0.15, 0.2) is 18.2 Å². The van der Waals surface area contributed by atoms with E-state index in [1.54, 1.807) is 40.0 Å². The van der Waals surface area contributed by atoms with Gasteiger partial charge in [0, 0.05) is 19.2 Å². The Morgan fingerprint density at radius 1 is 1.32 bits per heavy atom. The van der Waals surface area contributed by atoms with Gasteiger partial charge in [0.25, 0.3) is 0 Å². The van der Waals surface area contributed by atoms with Crippen LogP contribution in [-0.2, 0) is 11.3 Å². The summed E-state index contributed by atoms with van der Waals surface area (Å²) in [5.41, 5.74) is 5.80. The number of carbonyl (C=O) groups excluding carboxylic acids is 1. The minimum Gasteiger partial charge on any atom is -0.493 e. The van der Waals surface area contributed by atoms with Crippen molar-refractivity contribution in [2.24, 2.45) is 5.73 Å². The van der Waals surface area contributed by atoms with E-state index in [2.05, 4.69) is 0 Å². The van der Waals surface area contributed by atoms with E-state index < -0.39 is 5.54 Å². The van der Waals surface area contributed by atoms with Crippen molar-refractivity contribution in [1.29, 1.82) is 0 Å². The highest BCUT2D eigenvalue weighted by Gasteiger charge is 2.26. The van der Waals surface area contributed by atoms with Crippen LogP contribution in [0.3, 0.4) is 0 Å². The zero-order valence-electron chi connectivity index (χ0n) is 12.2. The lowest BCUT2D eigenvalue weighted by atomic mass is 10.1. The van der Waals surface area contributed by atoms with Crippen molar-refractivity contribution in [2.75, 3.05) is 21.3 Å². The molecule has 0 saturated heterocycles. The molecule has 5 heteroatoms. The molecule has 1 rings (SSSR count). The first-order valence-corrected chi connectivity index (χ1v) is 6.05. The molecular weight excluding hydrogens is 244 g/mol. The van der Waals surface area contributed by atoms with Crippen LogP contribution in [0.25, 0.3) is 0 Å². The number of amides is 1. The monoisotopic (exact) mass is 266 g/mol. The number of benzene rings is 1. The smallest absolute Gasteiger partial charge is 0.242 e. The van der Waals surface area contributed by atoms with Gasteiger partial charge >= 0.3 is 0 Å². The second kappa shape index (κ2) is 5.93. The van der Waals surface area contributed by atoms with Crippen molar-refractivity contribution < 1.29 is 14.3 Å². The Labute approximate surface area is 114 Å². The van der Waals surface area contributed by atoms with Crippen LogP contribution in [0.4, 0.5) is 0 Å². The summed E-state index contributed by atoms with van der Waals surface area (Å²) in [4.78, 5) is 13.6. The van der Waals surface area contributed by atoms with Crippen LogP contribution in [-0.4, -0.2) is 37.6 Å². The number of para-hydroxylation sites is 1. The first-order valence-electron chi connectivity index (χ1n) is 6.05. The first kappa shape index (κ1) is 15.3. The predicted octanol–water partition coefficient (Wildman–Crippen LogP) is 1.40. The molecule has 1 amide bonds. The summed E-state index contributed by atoms with van der Waals surface area (Å²) in [5, 5.41) is 0. The number of rotatable bonds is 5. The summed E-state index contributed by atoms with van der Waals surface area (Å²) >= 11 is 0. The summed E-state index contributed by atoms with van der Waals surface area (Å²) in [5.74, 6) is 1.16. The third-order valence-corrected chi connectivity index (χ3v) is 2.79. The Morgan fingerprint density at radius 2 is 1.95 bits per heavy atom. The van der Waals surface area contributed by atoms with E-state index in [0.29, 0.717) is 18.0 Å². The highest BCUT2D eigenvalue weighted by atomic mass is 16.5. The van der Waals surface area contributed by atoms with Crippen molar-refractivity contribution in [3.63, 3.8) is 0 Å². The van der Waals surface area contributed by atoms with Crippen molar-refractivity contribution in [3.05, 3.63) is 23.8 Å². The molecule has 0 saturated carbocycles. The van der Waals surface area contributed by atoms with E-state index in [-0.39, 0.29) is 5.91 Å². The van der Waals surface area contributed by atoms with Crippen molar-refractivity contribution in [2.45, 2.75) is 25.9 Å². The summed E-state index contributed by atoms with van der Waals surface area (Å²) in [7, 11) is 4.88. The van der Waals surface area contributed by atoms with Crippen LogP contribution >= 0.6 is 0 Å². The molecule has 19 heavy (non-hydrogen) atoms. The van der Waals surface area contributed by atoms with Gasteiger partial charge in [-0.3, -0.25) is 4.79 Å². The van der Waals surface area contributed by atoms with Crippen molar-refractivity contribution >= 4 is 5.91 Å². The van der Waals surface area contributed by atoms with E-state index in [9.17, 15) is 4.79 Å². The Hall–Kier alpha value is -1.75. The fourth-order valence-corrected chi connectivity index (χ4v) is 1.90.